The minimum Gasteiger partial charge on any atom is -0.399 e. The van der Waals surface area contributed by atoms with E-state index in [1.54, 1.807) is 0 Å². The Labute approximate surface area is 114 Å². The summed E-state index contributed by atoms with van der Waals surface area (Å²) >= 11 is 0. The molecule has 4 heteroatoms. The van der Waals surface area contributed by atoms with Gasteiger partial charge in [-0.25, -0.2) is 0 Å². The van der Waals surface area contributed by atoms with Crippen LogP contribution in [0.3, 0.4) is 0 Å². The van der Waals surface area contributed by atoms with Crippen LogP contribution in [0.4, 0.5) is 11.4 Å². The number of hydrogen-bond donors (Lipinski definition) is 2. The topological polar surface area (TPSA) is 64.3 Å². The molecular formula is C15H22N2O2. The van der Waals surface area contributed by atoms with Crippen LogP contribution in [0.15, 0.2) is 12.1 Å². The molecule has 0 aliphatic carbocycles. The Morgan fingerprint density at radius 1 is 1.42 bits per heavy atom. The maximum atomic E-state index is 12.3. The monoisotopic (exact) mass is 262 g/mol. The van der Waals surface area contributed by atoms with Crippen LogP contribution in [-0.2, 0) is 9.53 Å². The molecule has 0 bridgehead atoms. The number of ether oxygens (including phenoxy) is 1. The predicted octanol–water partition coefficient (Wildman–Crippen LogP) is 2.64. The quantitative estimate of drug-likeness (QED) is 0.823. The van der Waals surface area contributed by atoms with E-state index in [-0.39, 0.29) is 17.9 Å². The zero-order chi connectivity index (χ0) is 14.0. The zero-order valence-electron chi connectivity index (χ0n) is 11.8. The molecule has 1 fully saturated rings. The number of aryl methyl sites for hydroxylation is 2. The fraction of sp³-hybridized carbons (Fsp3) is 0.533. The highest BCUT2D eigenvalue weighted by Gasteiger charge is 2.32. The first-order valence-electron chi connectivity index (χ1n) is 6.82. The SMILES string of the molecule is CCC1OCCC1C(=O)Nc1cc(C)c(N)cc1C. The van der Waals surface area contributed by atoms with Crippen LogP contribution in [0.25, 0.3) is 0 Å². The molecular weight excluding hydrogens is 240 g/mol. The summed E-state index contributed by atoms with van der Waals surface area (Å²) in [7, 11) is 0. The lowest BCUT2D eigenvalue weighted by Crippen LogP contribution is -2.29. The number of amides is 1. The molecule has 1 heterocycles. The highest BCUT2D eigenvalue weighted by Crippen LogP contribution is 2.27. The van der Waals surface area contributed by atoms with Crippen LogP contribution in [0.5, 0.6) is 0 Å². The van der Waals surface area contributed by atoms with E-state index in [1.165, 1.54) is 0 Å². The highest BCUT2D eigenvalue weighted by atomic mass is 16.5. The zero-order valence-corrected chi connectivity index (χ0v) is 11.8. The molecule has 0 radical (unpaired) electrons. The number of nitrogens with two attached hydrogens (primary N) is 1. The van der Waals surface area contributed by atoms with Gasteiger partial charge in [0.25, 0.3) is 0 Å². The van der Waals surface area contributed by atoms with E-state index >= 15 is 0 Å². The molecule has 104 valence electrons. The number of anilines is 2. The molecule has 1 aromatic carbocycles. The second-order valence-corrected chi connectivity index (χ2v) is 5.23. The minimum atomic E-state index is -0.0396. The van der Waals surface area contributed by atoms with Crippen molar-refractivity contribution in [2.45, 2.75) is 39.7 Å². The summed E-state index contributed by atoms with van der Waals surface area (Å²) in [5.74, 6) is 0.0129. The fourth-order valence-electron chi connectivity index (χ4n) is 2.55. The maximum Gasteiger partial charge on any atom is 0.230 e. The summed E-state index contributed by atoms with van der Waals surface area (Å²) in [5, 5.41) is 3.01. The van der Waals surface area contributed by atoms with Crippen molar-refractivity contribution in [2.75, 3.05) is 17.7 Å². The van der Waals surface area contributed by atoms with E-state index in [0.717, 1.165) is 35.3 Å². The van der Waals surface area contributed by atoms with Crippen LogP contribution in [0.1, 0.15) is 30.9 Å². The number of nitrogens with one attached hydrogen (secondary N) is 1. The van der Waals surface area contributed by atoms with Crippen molar-refractivity contribution in [3.8, 4) is 0 Å². The molecule has 2 atom stereocenters. The Balaban J connectivity index is 2.13. The molecule has 1 amide bonds. The van der Waals surface area contributed by atoms with Gasteiger partial charge in [-0.3, -0.25) is 4.79 Å². The van der Waals surface area contributed by atoms with Crippen LogP contribution >= 0.6 is 0 Å². The van der Waals surface area contributed by atoms with Gasteiger partial charge in [0.1, 0.15) is 0 Å². The van der Waals surface area contributed by atoms with E-state index in [4.69, 9.17) is 10.5 Å². The third-order valence-electron chi connectivity index (χ3n) is 3.82. The van der Waals surface area contributed by atoms with Crippen molar-refractivity contribution >= 4 is 17.3 Å². The number of hydrogen-bond acceptors (Lipinski definition) is 3. The number of carbonyl (C=O) groups excluding carboxylic acids is 1. The predicted molar refractivity (Wildman–Crippen MR) is 77.1 cm³/mol. The molecule has 0 saturated carbocycles. The smallest absolute Gasteiger partial charge is 0.230 e. The Hall–Kier alpha value is -1.55. The van der Waals surface area contributed by atoms with E-state index in [9.17, 15) is 4.79 Å². The summed E-state index contributed by atoms with van der Waals surface area (Å²) < 4.78 is 5.57. The summed E-state index contributed by atoms with van der Waals surface area (Å²) in [4.78, 5) is 12.3. The standard InChI is InChI=1S/C15H22N2O2/c1-4-14-11(5-6-19-14)15(18)17-13-8-9(2)12(16)7-10(13)3/h7-8,11,14H,4-6,16H2,1-3H3,(H,17,18). The maximum absolute atomic E-state index is 12.3. The molecule has 1 aromatic rings. The number of rotatable bonds is 3. The van der Waals surface area contributed by atoms with Crippen molar-refractivity contribution in [1.82, 2.24) is 0 Å². The van der Waals surface area contributed by atoms with Gasteiger partial charge in [0.15, 0.2) is 0 Å². The van der Waals surface area contributed by atoms with Crippen molar-refractivity contribution in [3.63, 3.8) is 0 Å². The normalized spacial score (nSPS) is 22.5. The van der Waals surface area contributed by atoms with Gasteiger partial charge in [-0.15, -0.1) is 0 Å². The Bertz CT molecular complexity index is 485. The Kier molecular flexibility index (Phi) is 4.10. The second-order valence-electron chi connectivity index (χ2n) is 5.23. The Morgan fingerprint density at radius 2 is 2.16 bits per heavy atom. The van der Waals surface area contributed by atoms with Gasteiger partial charge in [0, 0.05) is 18.0 Å². The lowest BCUT2D eigenvalue weighted by Gasteiger charge is -2.18. The lowest BCUT2D eigenvalue weighted by atomic mass is 9.98. The van der Waals surface area contributed by atoms with E-state index in [2.05, 4.69) is 12.2 Å². The molecule has 1 aliphatic heterocycles. The summed E-state index contributed by atoms with van der Waals surface area (Å²) in [5.41, 5.74) is 9.43. The summed E-state index contributed by atoms with van der Waals surface area (Å²) in [6, 6.07) is 3.83. The van der Waals surface area contributed by atoms with Crippen molar-refractivity contribution in [1.29, 1.82) is 0 Å². The van der Waals surface area contributed by atoms with Gasteiger partial charge in [-0.1, -0.05) is 6.92 Å². The van der Waals surface area contributed by atoms with Gasteiger partial charge < -0.3 is 15.8 Å². The van der Waals surface area contributed by atoms with Gasteiger partial charge >= 0.3 is 0 Å². The molecule has 2 unspecified atom stereocenters. The summed E-state index contributed by atoms with van der Waals surface area (Å²) in [6.45, 7) is 6.62. The first kappa shape index (κ1) is 13.9. The third kappa shape index (κ3) is 2.89. The average molecular weight is 262 g/mol. The molecule has 3 N–H and O–H groups in total. The molecule has 19 heavy (non-hydrogen) atoms. The molecule has 4 nitrogen and oxygen atoms in total. The molecule has 0 spiro atoms. The molecule has 1 saturated heterocycles. The molecule has 2 rings (SSSR count). The van der Waals surface area contributed by atoms with Crippen LogP contribution in [0.2, 0.25) is 0 Å². The first-order valence-corrected chi connectivity index (χ1v) is 6.82. The van der Waals surface area contributed by atoms with Gasteiger partial charge in [0.2, 0.25) is 5.91 Å². The van der Waals surface area contributed by atoms with Gasteiger partial charge in [-0.2, -0.15) is 0 Å². The van der Waals surface area contributed by atoms with Crippen molar-refractivity contribution < 1.29 is 9.53 Å². The average Bonchev–Trinajstić information content (AvgIpc) is 2.84. The fourth-order valence-corrected chi connectivity index (χ4v) is 2.55. The van der Waals surface area contributed by atoms with Crippen LogP contribution in [-0.4, -0.2) is 18.6 Å². The summed E-state index contributed by atoms with van der Waals surface area (Å²) in [6.07, 6.45) is 1.73. The number of carbonyl (C=O) groups is 1. The third-order valence-corrected chi connectivity index (χ3v) is 3.82. The van der Waals surface area contributed by atoms with E-state index in [0.29, 0.717) is 6.61 Å². The van der Waals surface area contributed by atoms with E-state index in [1.807, 2.05) is 26.0 Å². The Morgan fingerprint density at radius 3 is 2.84 bits per heavy atom. The second kappa shape index (κ2) is 5.61. The minimum absolute atomic E-state index is 0.0396. The molecule has 1 aliphatic rings. The molecule has 0 aromatic heterocycles. The number of nitrogen functional groups attached to an aromatic ring is 1. The lowest BCUT2D eigenvalue weighted by molar-refractivity contribution is -0.121. The van der Waals surface area contributed by atoms with Crippen LogP contribution < -0.4 is 11.1 Å². The number of benzene rings is 1. The van der Waals surface area contributed by atoms with E-state index < -0.39 is 0 Å². The van der Waals surface area contributed by atoms with Gasteiger partial charge in [-0.05, 0) is 49.9 Å². The van der Waals surface area contributed by atoms with Crippen molar-refractivity contribution in [2.24, 2.45) is 5.92 Å². The largest absolute Gasteiger partial charge is 0.399 e. The highest BCUT2D eigenvalue weighted by molar-refractivity contribution is 5.94. The first-order chi connectivity index (χ1) is 9.02. The van der Waals surface area contributed by atoms with Crippen molar-refractivity contribution in [3.05, 3.63) is 23.3 Å². The van der Waals surface area contributed by atoms with Crippen LogP contribution in [0, 0.1) is 19.8 Å². The van der Waals surface area contributed by atoms with Gasteiger partial charge in [0.05, 0.1) is 12.0 Å².